The van der Waals surface area contributed by atoms with Gasteiger partial charge < -0.3 is 4.74 Å². The number of rotatable bonds is 2. The molecule has 0 radical (unpaired) electrons. The predicted molar refractivity (Wildman–Crippen MR) is 85.4 cm³/mol. The molecule has 1 aliphatic carbocycles. The second-order valence-electron chi connectivity index (χ2n) is 5.59. The lowest BCUT2D eigenvalue weighted by Crippen LogP contribution is -1.93. The van der Waals surface area contributed by atoms with E-state index in [1.165, 1.54) is 28.8 Å². The van der Waals surface area contributed by atoms with Gasteiger partial charge in [-0.3, -0.25) is 0 Å². The number of thiophene rings is 1. The maximum absolute atomic E-state index is 6.14. The third-order valence-corrected chi connectivity index (χ3v) is 5.22. The molecular formula is C17H16N2OS. The number of fused-ring (bicyclic) bond motifs is 3. The number of nitrogens with zero attached hydrogens (tertiary/aromatic N) is 2. The Balaban J connectivity index is 1.85. The van der Waals surface area contributed by atoms with Gasteiger partial charge in [0.15, 0.2) is 0 Å². The zero-order valence-corrected chi connectivity index (χ0v) is 13.0. The minimum absolute atomic E-state index is 0.702. The van der Waals surface area contributed by atoms with E-state index >= 15 is 0 Å². The van der Waals surface area contributed by atoms with E-state index in [4.69, 9.17) is 4.74 Å². The first kappa shape index (κ1) is 12.8. The summed E-state index contributed by atoms with van der Waals surface area (Å²) >= 11 is 1.79. The molecule has 0 unspecified atom stereocenters. The highest BCUT2D eigenvalue weighted by Gasteiger charge is 2.22. The van der Waals surface area contributed by atoms with Crippen LogP contribution in [0.25, 0.3) is 10.2 Å². The Morgan fingerprint density at radius 1 is 1.14 bits per heavy atom. The molecular weight excluding hydrogens is 280 g/mol. The van der Waals surface area contributed by atoms with Gasteiger partial charge in [-0.1, -0.05) is 12.1 Å². The van der Waals surface area contributed by atoms with Crippen LogP contribution in [0.4, 0.5) is 0 Å². The number of hydrogen-bond donors (Lipinski definition) is 0. The molecule has 21 heavy (non-hydrogen) atoms. The smallest absolute Gasteiger partial charge is 0.231 e. The van der Waals surface area contributed by atoms with Crippen molar-refractivity contribution in [1.29, 1.82) is 0 Å². The average molecular weight is 296 g/mol. The second-order valence-corrected chi connectivity index (χ2v) is 6.67. The summed E-state index contributed by atoms with van der Waals surface area (Å²) in [6.45, 7) is 4.13. The number of ether oxygens (including phenoxy) is 1. The summed E-state index contributed by atoms with van der Waals surface area (Å²) in [6, 6.07) is 6.25. The molecule has 0 atom stereocenters. The van der Waals surface area contributed by atoms with E-state index in [9.17, 15) is 0 Å². The Bertz CT molecular complexity index is 838. The minimum Gasteiger partial charge on any atom is -0.438 e. The highest BCUT2D eigenvalue weighted by Crippen LogP contribution is 2.41. The van der Waals surface area contributed by atoms with Crippen molar-refractivity contribution in [2.24, 2.45) is 0 Å². The first-order chi connectivity index (χ1) is 10.2. The molecule has 0 saturated heterocycles. The second kappa shape index (κ2) is 4.81. The van der Waals surface area contributed by atoms with Gasteiger partial charge in [-0.05, 0) is 55.9 Å². The molecule has 0 spiro atoms. The summed E-state index contributed by atoms with van der Waals surface area (Å²) in [7, 11) is 0. The van der Waals surface area contributed by atoms with Crippen molar-refractivity contribution in [1.82, 2.24) is 9.97 Å². The lowest BCUT2D eigenvalue weighted by atomic mass is 10.1. The van der Waals surface area contributed by atoms with Crippen LogP contribution in [0.3, 0.4) is 0 Å². The van der Waals surface area contributed by atoms with E-state index in [1.807, 2.05) is 0 Å². The molecule has 3 nitrogen and oxygen atoms in total. The van der Waals surface area contributed by atoms with Gasteiger partial charge in [0.2, 0.25) is 5.88 Å². The maximum atomic E-state index is 6.14. The van der Waals surface area contributed by atoms with Crippen molar-refractivity contribution in [2.75, 3.05) is 0 Å². The summed E-state index contributed by atoms with van der Waals surface area (Å²) in [4.78, 5) is 11.3. The topological polar surface area (TPSA) is 35.0 Å². The van der Waals surface area contributed by atoms with Gasteiger partial charge in [0.05, 0.1) is 5.39 Å². The van der Waals surface area contributed by atoms with Crippen molar-refractivity contribution in [3.63, 3.8) is 0 Å². The molecule has 0 saturated carbocycles. The fraction of sp³-hybridized carbons (Fsp3) is 0.294. The Hall–Kier alpha value is -1.94. The molecule has 0 bridgehead atoms. The molecule has 3 aromatic rings. The fourth-order valence-electron chi connectivity index (χ4n) is 2.90. The van der Waals surface area contributed by atoms with E-state index < -0.39 is 0 Å². The third-order valence-electron chi connectivity index (χ3n) is 4.02. The number of aryl methyl sites for hydroxylation is 4. The Kier molecular flexibility index (Phi) is 2.93. The van der Waals surface area contributed by atoms with Crippen LogP contribution < -0.4 is 4.74 Å². The van der Waals surface area contributed by atoms with Gasteiger partial charge in [-0.15, -0.1) is 11.3 Å². The summed E-state index contributed by atoms with van der Waals surface area (Å²) in [6.07, 6.45) is 5.12. The van der Waals surface area contributed by atoms with E-state index in [2.05, 4.69) is 42.0 Å². The van der Waals surface area contributed by atoms with Crippen LogP contribution in [0, 0.1) is 13.8 Å². The summed E-state index contributed by atoms with van der Waals surface area (Å²) in [5.74, 6) is 1.58. The van der Waals surface area contributed by atoms with Crippen LogP contribution >= 0.6 is 11.3 Å². The molecule has 1 aliphatic rings. The monoisotopic (exact) mass is 296 g/mol. The van der Waals surface area contributed by atoms with E-state index in [-0.39, 0.29) is 0 Å². The zero-order valence-electron chi connectivity index (χ0n) is 12.1. The number of hydrogen-bond acceptors (Lipinski definition) is 4. The first-order valence-electron chi connectivity index (χ1n) is 7.23. The van der Waals surface area contributed by atoms with Gasteiger partial charge in [0.25, 0.3) is 0 Å². The fourth-order valence-corrected chi connectivity index (χ4v) is 4.12. The molecule has 4 heteroatoms. The van der Waals surface area contributed by atoms with E-state index in [0.717, 1.165) is 28.0 Å². The minimum atomic E-state index is 0.702. The third kappa shape index (κ3) is 2.10. The van der Waals surface area contributed by atoms with Crippen molar-refractivity contribution in [2.45, 2.75) is 33.1 Å². The summed E-state index contributed by atoms with van der Waals surface area (Å²) in [5, 5.41) is 1.12. The van der Waals surface area contributed by atoms with Gasteiger partial charge in [0, 0.05) is 4.88 Å². The quantitative estimate of drug-likeness (QED) is 0.694. The molecule has 0 fully saturated rings. The van der Waals surface area contributed by atoms with Crippen LogP contribution in [0.15, 0.2) is 24.5 Å². The summed E-state index contributed by atoms with van der Waals surface area (Å²) in [5.41, 5.74) is 3.71. The van der Waals surface area contributed by atoms with Crippen LogP contribution in [0.2, 0.25) is 0 Å². The molecule has 0 amide bonds. The molecule has 0 aliphatic heterocycles. The Morgan fingerprint density at radius 3 is 2.95 bits per heavy atom. The van der Waals surface area contributed by atoms with Crippen LogP contribution in [0.5, 0.6) is 11.6 Å². The van der Waals surface area contributed by atoms with Crippen molar-refractivity contribution in [3.05, 3.63) is 46.1 Å². The van der Waals surface area contributed by atoms with E-state index in [0.29, 0.717) is 5.88 Å². The standard InChI is InChI=1S/C17H16N2OS/c1-10-6-7-11(2)13(8-10)20-16-15-12-4-3-5-14(12)21-17(15)19-9-18-16/h6-9H,3-5H2,1-2H3. The highest BCUT2D eigenvalue weighted by molar-refractivity contribution is 7.18. The van der Waals surface area contributed by atoms with E-state index in [1.54, 1.807) is 17.7 Å². The lowest BCUT2D eigenvalue weighted by Gasteiger charge is -2.10. The molecule has 0 N–H and O–H groups in total. The SMILES string of the molecule is Cc1ccc(C)c(Oc2ncnc3sc4c(c23)CCC4)c1. The molecule has 4 rings (SSSR count). The van der Waals surface area contributed by atoms with Gasteiger partial charge in [0.1, 0.15) is 16.9 Å². The molecule has 2 heterocycles. The van der Waals surface area contributed by atoms with Crippen molar-refractivity contribution >= 4 is 21.6 Å². The average Bonchev–Trinajstić information content (AvgIpc) is 3.03. The molecule has 106 valence electrons. The van der Waals surface area contributed by atoms with Gasteiger partial charge in [-0.25, -0.2) is 9.97 Å². The van der Waals surface area contributed by atoms with Gasteiger partial charge >= 0.3 is 0 Å². The maximum Gasteiger partial charge on any atom is 0.231 e. The first-order valence-corrected chi connectivity index (χ1v) is 8.04. The number of benzene rings is 1. The van der Waals surface area contributed by atoms with Crippen molar-refractivity contribution < 1.29 is 4.74 Å². The predicted octanol–water partition coefficient (Wildman–Crippen LogP) is 4.59. The highest BCUT2D eigenvalue weighted by atomic mass is 32.1. The summed E-state index contributed by atoms with van der Waals surface area (Å²) < 4.78 is 6.14. The van der Waals surface area contributed by atoms with Crippen LogP contribution in [-0.2, 0) is 12.8 Å². The Labute approximate surface area is 127 Å². The largest absolute Gasteiger partial charge is 0.438 e. The normalized spacial score (nSPS) is 13.6. The van der Waals surface area contributed by atoms with Gasteiger partial charge in [-0.2, -0.15) is 0 Å². The lowest BCUT2D eigenvalue weighted by molar-refractivity contribution is 0.464. The molecule has 2 aromatic heterocycles. The zero-order chi connectivity index (χ0) is 14.4. The van der Waals surface area contributed by atoms with Crippen LogP contribution in [0.1, 0.15) is 28.0 Å². The van der Waals surface area contributed by atoms with Crippen LogP contribution in [-0.4, -0.2) is 9.97 Å². The number of aromatic nitrogens is 2. The van der Waals surface area contributed by atoms with Crippen molar-refractivity contribution in [3.8, 4) is 11.6 Å². The Morgan fingerprint density at radius 2 is 2.05 bits per heavy atom. The molecule has 1 aromatic carbocycles.